The van der Waals surface area contributed by atoms with Gasteiger partial charge in [-0.1, -0.05) is 0 Å². The lowest BCUT2D eigenvalue weighted by molar-refractivity contribution is 0.203. The predicted molar refractivity (Wildman–Crippen MR) is 87.6 cm³/mol. The maximum absolute atomic E-state index is 5.87. The second-order valence-electron chi connectivity index (χ2n) is 5.87. The number of fused-ring (bicyclic) bond motifs is 1. The van der Waals surface area contributed by atoms with E-state index in [9.17, 15) is 0 Å². The van der Waals surface area contributed by atoms with Crippen LogP contribution < -0.4 is 10.6 Å². The molecule has 112 valence electrons. The average molecular weight is 285 g/mol. The molecule has 1 aliphatic carbocycles. The Morgan fingerprint density at radius 2 is 2.19 bits per heavy atom. The lowest BCUT2D eigenvalue weighted by Gasteiger charge is -2.32. The Labute approximate surface area is 125 Å². The Hall–Kier alpha value is -1.81. The zero-order valence-corrected chi connectivity index (χ0v) is 12.7. The van der Waals surface area contributed by atoms with E-state index in [1.165, 1.54) is 18.5 Å². The fraction of sp³-hybridized carbons (Fsp3) is 0.471. The van der Waals surface area contributed by atoms with Crippen molar-refractivity contribution >= 4 is 22.3 Å². The van der Waals surface area contributed by atoms with Gasteiger partial charge >= 0.3 is 0 Å². The summed E-state index contributed by atoms with van der Waals surface area (Å²) >= 11 is 0. The molecule has 0 bridgehead atoms. The van der Waals surface area contributed by atoms with Crippen molar-refractivity contribution in [3.63, 3.8) is 0 Å². The number of anilines is 2. The van der Waals surface area contributed by atoms with Gasteiger partial charge in [-0.25, -0.2) is 0 Å². The molecule has 2 N–H and O–H groups in total. The van der Waals surface area contributed by atoms with E-state index in [0.717, 1.165) is 35.7 Å². The van der Waals surface area contributed by atoms with Crippen LogP contribution >= 0.6 is 0 Å². The molecule has 1 atom stereocenters. The van der Waals surface area contributed by atoms with Crippen molar-refractivity contribution in [3.05, 3.63) is 30.5 Å². The van der Waals surface area contributed by atoms with Crippen molar-refractivity contribution in [3.8, 4) is 0 Å². The van der Waals surface area contributed by atoms with Crippen LogP contribution in [0.3, 0.4) is 0 Å². The number of hydrogen-bond donors (Lipinski definition) is 1. The lowest BCUT2D eigenvalue weighted by atomic mass is 10.1. The smallest absolute Gasteiger partial charge is 0.0743 e. The Morgan fingerprint density at radius 3 is 2.90 bits per heavy atom. The molecule has 0 spiro atoms. The lowest BCUT2D eigenvalue weighted by Crippen LogP contribution is -2.37. The molecular formula is C17H23N3O. The van der Waals surface area contributed by atoms with Gasteiger partial charge in [-0.15, -0.1) is 0 Å². The highest BCUT2D eigenvalue weighted by atomic mass is 16.5. The number of nitrogen functional groups attached to an aromatic ring is 1. The van der Waals surface area contributed by atoms with E-state index in [1.54, 1.807) is 7.11 Å². The number of nitrogens with zero attached hydrogens (tertiary/aromatic N) is 2. The van der Waals surface area contributed by atoms with E-state index in [1.807, 2.05) is 18.3 Å². The van der Waals surface area contributed by atoms with Gasteiger partial charge in [0.1, 0.15) is 0 Å². The van der Waals surface area contributed by atoms with Crippen LogP contribution in [0, 0.1) is 5.92 Å². The third-order valence-corrected chi connectivity index (χ3v) is 4.39. The zero-order valence-electron chi connectivity index (χ0n) is 12.7. The molecule has 1 saturated carbocycles. The van der Waals surface area contributed by atoms with Crippen LogP contribution in [-0.2, 0) is 4.74 Å². The Morgan fingerprint density at radius 1 is 1.38 bits per heavy atom. The van der Waals surface area contributed by atoms with Crippen molar-refractivity contribution in [1.82, 2.24) is 4.98 Å². The number of hydrogen-bond acceptors (Lipinski definition) is 4. The zero-order chi connectivity index (χ0) is 14.8. The Kier molecular flexibility index (Phi) is 3.97. The van der Waals surface area contributed by atoms with Gasteiger partial charge in [0.15, 0.2) is 0 Å². The van der Waals surface area contributed by atoms with Gasteiger partial charge in [-0.05, 0) is 49.9 Å². The summed E-state index contributed by atoms with van der Waals surface area (Å²) in [7, 11) is 1.76. The fourth-order valence-corrected chi connectivity index (χ4v) is 2.97. The molecule has 21 heavy (non-hydrogen) atoms. The maximum atomic E-state index is 5.87. The van der Waals surface area contributed by atoms with Crippen LogP contribution in [0.1, 0.15) is 19.8 Å². The highest BCUT2D eigenvalue weighted by Crippen LogP contribution is 2.38. The molecule has 4 heteroatoms. The second kappa shape index (κ2) is 5.90. The molecule has 0 amide bonds. The van der Waals surface area contributed by atoms with Crippen LogP contribution in [0.4, 0.5) is 11.4 Å². The summed E-state index contributed by atoms with van der Waals surface area (Å²) in [5.74, 6) is 0.804. The number of pyridine rings is 1. The van der Waals surface area contributed by atoms with Gasteiger partial charge in [0.2, 0.25) is 0 Å². The molecule has 0 radical (unpaired) electrons. The summed E-state index contributed by atoms with van der Waals surface area (Å²) in [6.07, 6.45) is 4.54. The van der Waals surface area contributed by atoms with Gasteiger partial charge in [0, 0.05) is 42.7 Å². The molecule has 0 saturated heterocycles. The van der Waals surface area contributed by atoms with E-state index < -0.39 is 0 Å². The maximum Gasteiger partial charge on any atom is 0.0743 e. The van der Waals surface area contributed by atoms with Crippen LogP contribution in [0.15, 0.2) is 30.5 Å². The highest BCUT2D eigenvalue weighted by molar-refractivity contribution is 5.93. The number of aromatic nitrogens is 1. The topological polar surface area (TPSA) is 51.4 Å². The number of rotatable bonds is 6. The molecule has 2 aromatic rings. The quantitative estimate of drug-likeness (QED) is 0.829. The van der Waals surface area contributed by atoms with Crippen LogP contribution in [0.2, 0.25) is 0 Å². The van der Waals surface area contributed by atoms with Crippen molar-refractivity contribution in [2.75, 3.05) is 30.9 Å². The first kappa shape index (κ1) is 14.1. The molecular weight excluding hydrogens is 262 g/mol. The Bertz CT molecular complexity index is 624. The molecule has 0 aliphatic heterocycles. The monoisotopic (exact) mass is 285 g/mol. The molecule has 1 unspecified atom stereocenters. The molecule has 1 aromatic heterocycles. The highest BCUT2D eigenvalue weighted by Gasteiger charge is 2.32. The van der Waals surface area contributed by atoms with E-state index >= 15 is 0 Å². The number of benzene rings is 1. The third-order valence-electron chi connectivity index (χ3n) is 4.39. The Balaban J connectivity index is 2.01. The van der Waals surface area contributed by atoms with Crippen LogP contribution in [0.25, 0.3) is 10.9 Å². The minimum atomic E-state index is 0.531. The summed E-state index contributed by atoms with van der Waals surface area (Å²) < 4.78 is 5.30. The summed E-state index contributed by atoms with van der Waals surface area (Å²) in [6, 6.07) is 8.60. The van der Waals surface area contributed by atoms with E-state index in [-0.39, 0.29) is 0 Å². The van der Waals surface area contributed by atoms with Crippen molar-refractivity contribution in [2.24, 2.45) is 5.92 Å². The van der Waals surface area contributed by atoms with E-state index in [0.29, 0.717) is 6.04 Å². The number of ether oxygens (including phenoxy) is 1. The first-order chi connectivity index (χ1) is 10.2. The molecule has 1 aliphatic rings. The third kappa shape index (κ3) is 2.95. The minimum Gasteiger partial charge on any atom is -0.399 e. The summed E-state index contributed by atoms with van der Waals surface area (Å²) in [6.45, 7) is 3.95. The largest absolute Gasteiger partial charge is 0.399 e. The summed E-state index contributed by atoms with van der Waals surface area (Å²) in [5.41, 5.74) is 8.82. The first-order valence-electron chi connectivity index (χ1n) is 7.60. The van der Waals surface area contributed by atoms with E-state index in [2.05, 4.69) is 28.9 Å². The van der Waals surface area contributed by atoms with Crippen molar-refractivity contribution in [1.29, 1.82) is 0 Å². The van der Waals surface area contributed by atoms with Gasteiger partial charge in [0.25, 0.3) is 0 Å². The first-order valence-corrected chi connectivity index (χ1v) is 7.60. The SMILES string of the molecule is COCCN(c1ccnc2cc(N)ccc12)C(C)C1CC1. The van der Waals surface area contributed by atoms with Gasteiger partial charge in [0.05, 0.1) is 12.1 Å². The van der Waals surface area contributed by atoms with Crippen LogP contribution in [0.5, 0.6) is 0 Å². The molecule has 1 fully saturated rings. The fourth-order valence-electron chi connectivity index (χ4n) is 2.97. The van der Waals surface area contributed by atoms with Gasteiger partial charge in [-0.3, -0.25) is 4.98 Å². The molecule has 1 aromatic carbocycles. The van der Waals surface area contributed by atoms with Crippen LogP contribution in [-0.4, -0.2) is 31.3 Å². The van der Waals surface area contributed by atoms with E-state index in [4.69, 9.17) is 10.5 Å². The summed E-state index contributed by atoms with van der Waals surface area (Å²) in [4.78, 5) is 6.91. The summed E-state index contributed by atoms with van der Waals surface area (Å²) in [5, 5.41) is 1.16. The van der Waals surface area contributed by atoms with Crippen molar-refractivity contribution < 1.29 is 4.74 Å². The standard InChI is InChI=1S/C17H23N3O/c1-12(13-3-4-13)20(9-10-21-2)17-7-8-19-16-11-14(18)5-6-15(16)17/h5-8,11-13H,3-4,9-10,18H2,1-2H3. The van der Waals surface area contributed by atoms with Gasteiger partial charge in [-0.2, -0.15) is 0 Å². The number of nitrogens with two attached hydrogens (primary N) is 1. The van der Waals surface area contributed by atoms with Gasteiger partial charge < -0.3 is 15.4 Å². The normalized spacial score (nSPS) is 16.1. The number of methoxy groups -OCH3 is 1. The average Bonchev–Trinajstić information content (AvgIpc) is 3.31. The second-order valence-corrected chi connectivity index (χ2v) is 5.87. The molecule has 3 rings (SSSR count). The molecule has 4 nitrogen and oxygen atoms in total. The predicted octanol–water partition coefficient (Wildman–Crippen LogP) is 3.07. The van der Waals surface area contributed by atoms with Crippen molar-refractivity contribution in [2.45, 2.75) is 25.8 Å². The molecule has 1 heterocycles. The minimum absolute atomic E-state index is 0.531.